The number of nitrogens with zero attached hydrogens (tertiary/aromatic N) is 3. The second-order valence-corrected chi connectivity index (χ2v) is 6.76. The molecule has 0 spiro atoms. The van der Waals surface area contributed by atoms with Crippen molar-refractivity contribution >= 4 is 0 Å². The van der Waals surface area contributed by atoms with E-state index in [1.165, 1.54) is 10.7 Å². The summed E-state index contributed by atoms with van der Waals surface area (Å²) in [6.45, 7) is 1.80. The first-order chi connectivity index (χ1) is 13.1. The van der Waals surface area contributed by atoms with E-state index in [-0.39, 0.29) is 18.2 Å². The number of piperidine rings is 1. The molecule has 1 aromatic heterocycles. The fourth-order valence-electron chi connectivity index (χ4n) is 3.49. The Morgan fingerprint density at radius 2 is 1.93 bits per heavy atom. The number of hydrogen-bond acceptors (Lipinski definition) is 3. The zero-order valence-corrected chi connectivity index (χ0v) is 14.7. The molecule has 4 rings (SSSR count). The molecule has 0 unspecified atom stereocenters. The molecule has 2 aromatic carbocycles. The molecule has 1 atom stereocenters. The van der Waals surface area contributed by atoms with Crippen molar-refractivity contribution in [2.75, 3.05) is 13.1 Å². The van der Waals surface area contributed by atoms with Gasteiger partial charge in [0.1, 0.15) is 5.82 Å². The van der Waals surface area contributed by atoms with Crippen LogP contribution in [0.4, 0.5) is 8.78 Å². The van der Waals surface area contributed by atoms with Crippen LogP contribution in [0.25, 0.3) is 5.69 Å². The van der Waals surface area contributed by atoms with Crippen LogP contribution in [0, 0.1) is 11.6 Å². The molecule has 0 saturated carbocycles. The first kappa shape index (κ1) is 17.6. The fraction of sp³-hybridized carbons (Fsp3) is 0.300. The van der Waals surface area contributed by atoms with Gasteiger partial charge in [-0.1, -0.05) is 24.3 Å². The molecule has 140 valence electrons. The number of nitrogens with one attached hydrogen (secondary N) is 1. The average Bonchev–Trinajstić information content (AvgIpc) is 3.02. The van der Waals surface area contributed by atoms with E-state index in [1.807, 2.05) is 30.3 Å². The molecule has 27 heavy (non-hydrogen) atoms. The van der Waals surface area contributed by atoms with Crippen LogP contribution in [0.3, 0.4) is 0 Å². The minimum atomic E-state index is -0.931. The number of aromatic nitrogens is 3. The monoisotopic (exact) mass is 370 g/mol. The maximum atomic E-state index is 13.5. The Kier molecular flexibility index (Phi) is 4.85. The third-order valence-electron chi connectivity index (χ3n) is 4.86. The molecule has 1 aliphatic rings. The highest BCUT2D eigenvalue weighted by Gasteiger charge is 2.25. The van der Waals surface area contributed by atoms with Gasteiger partial charge < -0.3 is 5.32 Å². The van der Waals surface area contributed by atoms with Crippen molar-refractivity contribution in [3.8, 4) is 5.69 Å². The van der Waals surface area contributed by atoms with Crippen LogP contribution >= 0.6 is 0 Å². The highest BCUT2D eigenvalue weighted by Crippen LogP contribution is 2.23. The smallest absolute Gasteiger partial charge is 0.316 e. The minimum Gasteiger partial charge on any atom is -0.316 e. The van der Waals surface area contributed by atoms with Crippen LogP contribution in [0.2, 0.25) is 0 Å². The predicted molar refractivity (Wildman–Crippen MR) is 98.1 cm³/mol. The van der Waals surface area contributed by atoms with Crippen LogP contribution in [-0.4, -0.2) is 27.4 Å². The molecule has 7 heteroatoms. The van der Waals surface area contributed by atoms with Crippen LogP contribution < -0.4 is 11.0 Å². The quantitative estimate of drug-likeness (QED) is 0.768. The van der Waals surface area contributed by atoms with Crippen molar-refractivity contribution < 1.29 is 8.78 Å². The largest absolute Gasteiger partial charge is 0.350 e. The molecule has 1 N–H and O–H groups in total. The van der Waals surface area contributed by atoms with Gasteiger partial charge in [0, 0.05) is 12.5 Å². The van der Waals surface area contributed by atoms with Gasteiger partial charge in [0.15, 0.2) is 11.6 Å². The lowest BCUT2D eigenvalue weighted by atomic mass is 9.99. The SMILES string of the molecule is O=c1n(Cc2ccc(F)c(F)c2)nc([C@H]2CCCNC2)n1-c1ccccc1. The van der Waals surface area contributed by atoms with Gasteiger partial charge in [0.2, 0.25) is 0 Å². The van der Waals surface area contributed by atoms with Crippen molar-refractivity contribution in [1.29, 1.82) is 0 Å². The van der Waals surface area contributed by atoms with Gasteiger partial charge in [0.25, 0.3) is 0 Å². The summed E-state index contributed by atoms with van der Waals surface area (Å²) in [5.74, 6) is -1.02. The van der Waals surface area contributed by atoms with Crippen molar-refractivity contribution in [3.63, 3.8) is 0 Å². The van der Waals surface area contributed by atoms with Crippen molar-refractivity contribution in [2.24, 2.45) is 0 Å². The van der Waals surface area contributed by atoms with Crippen LogP contribution in [-0.2, 0) is 6.54 Å². The first-order valence-electron chi connectivity index (χ1n) is 9.03. The normalized spacial score (nSPS) is 17.2. The lowest BCUT2D eigenvalue weighted by Gasteiger charge is -2.22. The molecule has 2 heterocycles. The molecule has 0 amide bonds. The maximum Gasteiger partial charge on any atom is 0.350 e. The van der Waals surface area contributed by atoms with E-state index >= 15 is 0 Å². The molecule has 1 aliphatic heterocycles. The standard InChI is InChI=1S/C20H20F2N4O/c21-17-9-8-14(11-18(17)22)13-25-20(27)26(16-6-2-1-3-7-16)19(24-25)15-5-4-10-23-12-15/h1-3,6-9,11,15,23H,4-5,10,12-13H2/t15-/m0/s1. The fourth-order valence-corrected chi connectivity index (χ4v) is 3.49. The van der Waals surface area contributed by atoms with Gasteiger partial charge in [-0.05, 0) is 49.2 Å². The zero-order valence-electron chi connectivity index (χ0n) is 14.7. The van der Waals surface area contributed by atoms with E-state index in [9.17, 15) is 13.6 Å². The van der Waals surface area contributed by atoms with Crippen molar-refractivity contribution in [3.05, 3.63) is 82.0 Å². The van der Waals surface area contributed by atoms with Crippen LogP contribution in [0.15, 0.2) is 53.3 Å². The highest BCUT2D eigenvalue weighted by molar-refractivity contribution is 5.33. The minimum absolute atomic E-state index is 0.0863. The van der Waals surface area contributed by atoms with Gasteiger partial charge in [-0.3, -0.25) is 0 Å². The summed E-state index contributed by atoms with van der Waals surface area (Å²) in [6, 6.07) is 13.0. The van der Waals surface area contributed by atoms with Gasteiger partial charge in [-0.15, -0.1) is 0 Å². The third kappa shape index (κ3) is 3.55. The lowest BCUT2D eigenvalue weighted by Crippen LogP contribution is -2.31. The van der Waals surface area contributed by atoms with Crippen molar-refractivity contribution in [1.82, 2.24) is 19.7 Å². The molecule has 0 aliphatic carbocycles. The number of hydrogen-bond donors (Lipinski definition) is 1. The summed E-state index contributed by atoms with van der Waals surface area (Å²) in [4.78, 5) is 13.1. The molecular weight excluding hydrogens is 350 g/mol. The Hall–Kier alpha value is -2.80. The number of para-hydroxylation sites is 1. The Morgan fingerprint density at radius 1 is 1.11 bits per heavy atom. The van der Waals surface area contributed by atoms with E-state index < -0.39 is 11.6 Å². The maximum absolute atomic E-state index is 13.5. The molecule has 1 saturated heterocycles. The van der Waals surface area contributed by atoms with Gasteiger partial charge in [-0.25, -0.2) is 22.8 Å². The molecule has 0 bridgehead atoms. The van der Waals surface area contributed by atoms with E-state index in [0.29, 0.717) is 11.4 Å². The number of halogens is 2. The van der Waals surface area contributed by atoms with E-state index in [4.69, 9.17) is 0 Å². The lowest BCUT2D eigenvalue weighted by molar-refractivity contribution is 0.439. The molecule has 3 aromatic rings. The van der Waals surface area contributed by atoms with E-state index in [1.54, 1.807) is 4.57 Å². The Labute approximate surface area is 155 Å². The molecule has 1 fully saturated rings. The Bertz CT molecular complexity index is 991. The predicted octanol–water partition coefficient (Wildman–Crippen LogP) is 2.83. The summed E-state index contributed by atoms with van der Waals surface area (Å²) in [5, 5.41) is 7.92. The van der Waals surface area contributed by atoms with Gasteiger partial charge in [-0.2, -0.15) is 5.10 Å². The summed E-state index contributed by atoms with van der Waals surface area (Å²) >= 11 is 0. The van der Waals surface area contributed by atoms with E-state index in [2.05, 4.69) is 10.4 Å². The second-order valence-electron chi connectivity index (χ2n) is 6.76. The highest BCUT2D eigenvalue weighted by atomic mass is 19.2. The Morgan fingerprint density at radius 3 is 2.63 bits per heavy atom. The summed E-state index contributed by atoms with van der Waals surface area (Å²) in [6.07, 6.45) is 1.96. The molecule has 5 nitrogen and oxygen atoms in total. The second kappa shape index (κ2) is 7.44. The topological polar surface area (TPSA) is 51.9 Å². The summed E-state index contributed by atoms with van der Waals surface area (Å²) in [5.41, 5.74) is 0.952. The Balaban J connectivity index is 1.77. The van der Waals surface area contributed by atoms with Crippen LogP contribution in [0.1, 0.15) is 30.1 Å². The summed E-state index contributed by atoms with van der Waals surface area (Å²) in [7, 11) is 0. The van der Waals surface area contributed by atoms with Gasteiger partial charge in [0.05, 0.1) is 12.2 Å². The number of rotatable bonds is 4. The van der Waals surface area contributed by atoms with Gasteiger partial charge >= 0.3 is 5.69 Å². The van der Waals surface area contributed by atoms with E-state index in [0.717, 1.165) is 43.8 Å². The zero-order chi connectivity index (χ0) is 18.8. The summed E-state index contributed by atoms with van der Waals surface area (Å²) < 4.78 is 29.7. The van der Waals surface area contributed by atoms with Crippen molar-refractivity contribution in [2.45, 2.75) is 25.3 Å². The molecule has 0 radical (unpaired) electrons. The first-order valence-corrected chi connectivity index (χ1v) is 9.03. The van der Waals surface area contributed by atoms with Crippen LogP contribution in [0.5, 0.6) is 0 Å². The third-order valence-corrected chi connectivity index (χ3v) is 4.86. The average molecular weight is 370 g/mol. The molecular formula is C20H20F2N4O. The number of benzene rings is 2.